The number of hydrogen-bond acceptors (Lipinski definition) is 2. The number of nitrogens with zero attached hydrogens (tertiary/aromatic N) is 4. The van der Waals surface area contributed by atoms with Gasteiger partial charge in [0.2, 0.25) is 0 Å². The van der Waals surface area contributed by atoms with E-state index in [1.807, 2.05) is 29.1 Å². The molecule has 1 aliphatic heterocycles. The average Bonchev–Trinajstić information content (AvgIpc) is 3.19. The van der Waals surface area contributed by atoms with Gasteiger partial charge >= 0.3 is 0 Å². The summed E-state index contributed by atoms with van der Waals surface area (Å²) in [6.07, 6.45) is 5.16. The van der Waals surface area contributed by atoms with Gasteiger partial charge < -0.3 is 10.2 Å². The minimum absolute atomic E-state index is 0. The molecular formula is C19H28IN5. The molecule has 0 amide bonds. The normalized spacial score (nSPS) is 16.6. The summed E-state index contributed by atoms with van der Waals surface area (Å²) in [5.74, 6) is 1.01. The number of aromatic nitrogens is 2. The van der Waals surface area contributed by atoms with Gasteiger partial charge in [0.25, 0.3) is 0 Å². The van der Waals surface area contributed by atoms with E-state index >= 15 is 0 Å². The van der Waals surface area contributed by atoms with E-state index in [4.69, 9.17) is 4.99 Å². The number of aliphatic imine (C=N–C) groups is 1. The Balaban J connectivity index is 0.00000225. The van der Waals surface area contributed by atoms with Crippen molar-refractivity contribution in [2.75, 3.05) is 19.6 Å². The zero-order chi connectivity index (χ0) is 17.0. The van der Waals surface area contributed by atoms with Crippen LogP contribution < -0.4 is 5.32 Å². The minimum atomic E-state index is 0. The van der Waals surface area contributed by atoms with E-state index in [0.29, 0.717) is 12.0 Å². The van der Waals surface area contributed by atoms with Crippen molar-refractivity contribution in [3.8, 4) is 5.69 Å². The topological polar surface area (TPSA) is 45.5 Å². The molecule has 0 saturated carbocycles. The molecule has 2 aromatic rings. The second-order valence-corrected chi connectivity index (χ2v) is 7.13. The maximum Gasteiger partial charge on any atom is 0.194 e. The van der Waals surface area contributed by atoms with E-state index in [9.17, 15) is 0 Å². The number of hydrogen-bond donors (Lipinski definition) is 1. The molecular weight excluding hydrogens is 425 g/mol. The smallest absolute Gasteiger partial charge is 0.194 e. The highest BCUT2D eigenvalue weighted by atomic mass is 127. The third kappa shape index (κ3) is 5.20. The molecule has 5 nitrogen and oxygen atoms in total. The van der Waals surface area contributed by atoms with Crippen LogP contribution in [0.2, 0.25) is 0 Å². The summed E-state index contributed by atoms with van der Waals surface area (Å²) in [7, 11) is 0. The molecule has 1 aromatic heterocycles. The molecule has 1 saturated heterocycles. The summed E-state index contributed by atoms with van der Waals surface area (Å²) in [4.78, 5) is 7.18. The third-order valence-corrected chi connectivity index (χ3v) is 4.38. The molecule has 0 aliphatic carbocycles. The van der Waals surface area contributed by atoms with Crippen LogP contribution in [0.1, 0.15) is 32.8 Å². The fraction of sp³-hybridized carbons (Fsp3) is 0.474. The van der Waals surface area contributed by atoms with Crippen LogP contribution in [0.5, 0.6) is 0 Å². The van der Waals surface area contributed by atoms with Crippen LogP contribution in [0.25, 0.3) is 5.69 Å². The molecule has 0 atom stereocenters. The van der Waals surface area contributed by atoms with Gasteiger partial charge in [0.15, 0.2) is 5.96 Å². The highest BCUT2D eigenvalue weighted by Crippen LogP contribution is 2.28. The van der Waals surface area contributed by atoms with Gasteiger partial charge in [-0.2, -0.15) is 5.10 Å². The third-order valence-electron chi connectivity index (χ3n) is 4.38. The van der Waals surface area contributed by atoms with Crippen LogP contribution >= 0.6 is 24.0 Å². The first kappa shape index (κ1) is 19.8. The van der Waals surface area contributed by atoms with Crippen LogP contribution in [0.4, 0.5) is 0 Å². The summed E-state index contributed by atoms with van der Waals surface area (Å²) in [6.45, 7) is 10.4. The molecule has 2 heterocycles. The molecule has 1 aromatic carbocycles. The summed E-state index contributed by atoms with van der Waals surface area (Å²) in [5.41, 5.74) is 2.56. The number of rotatable bonds is 4. The number of guanidine groups is 1. The number of benzene rings is 1. The van der Waals surface area contributed by atoms with Gasteiger partial charge in [-0.25, -0.2) is 9.67 Å². The van der Waals surface area contributed by atoms with Crippen LogP contribution in [0.15, 0.2) is 47.7 Å². The molecule has 0 unspecified atom stereocenters. The maximum atomic E-state index is 4.82. The molecule has 0 bridgehead atoms. The van der Waals surface area contributed by atoms with Crippen LogP contribution in [-0.2, 0) is 6.54 Å². The SMILES string of the molecule is CCNC(=NCc1cnn(-c2ccccc2)c1)N1CCC(C)(C)C1.I. The standard InChI is InChI=1S/C19H27N5.HI/c1-4-20-18(23-11-10-19(2,3)15-23)21-12-16-13-22-24(14-16)17-8-6-5-7-9-17;/h5-9,13-14H,4,10-12,15H2,1-3H3,(H,20,21);1H. The van der Waals surface area contributed by atoms with Gasteiger partial charge in [-0.05, 0) is 30.9 Å². The predicted molar refractivity (Wildman–Crippen MR) is 114 cm³/mol. The van der Waals surface area contributed by atoms with Crippen LogP contribution in [-0.4, -0.2) is 40.3 Å². The summed E-state index contributed by atoms with van der Waals surface area (Å²) < 4.78 is 1.90. The van der Waals surface area contributed by atoms with E-state index in [1.54, 1.807) is 0 Å². The van der Waals surface area contributed by atoms with Crippen molar-refractivity contribution in [2.45, 2.75) is 33.7 Å². The van der Waals surface area contributed by atoms with E-state index in [0.717, 1.165) is 36.8 Å². The Morgan fingerprint density at radius 2 is 2.04 bits per heavy atom. The zero-order valence-corrected chi connectivity index (χ0v) is 17.6. The fourth-order valence-electron chi connectivity index (χ4n) is 3.05. The number of nitrogens with one attached hydrogen (secondary N) is 1. The molecule has 0 spiro atoms. The number of para-hydroxylation sites is 1. The number of likely N-dealkylation sites (tertiary alicyclic amines) is 1. The Morgan fingerprint density at radius 1 is 1.28 bits per heavy atom. The van der Waals surface area contributed by atoms with Gasteiger partial charge in [0.05, 0.1) is 18.4 Å². The zero-order valence-electron chi connectivity index (χ0n) is 15.3. The molecule has 6 heteroatoms. The lowest BCUT2D eigenvalue weighted by molar-refractivity contribution is 0.370. The molecule has 1 aliphatic rings. The Hall–Kier alpha value is -1.57. The summed E-state index contributed by atoms with van der Waals surface area (Å²) >= 11 is 0. The second kappa shape index (κ2) is 8.69. The van der Waals surface area contributed by atoms with Crippen molar-refractivity contribution in [1.29, 1.82) is 0 Å². The van der Waals surface area contributed by atoms with Gasteiger partial charge in [0, 0.05) is 31.4 Å². The lowest BCUT2D eigenvalue weighted by atomic mass is 9.93. The Kier molecular flexibility index (Phi) is 6.87. The predicted octanol–water partition coefficient (Wildman–Crippen LogP) is 3.69. The molecule has 1 N–H and O–H groups in total. The lowest BCUT2D eigenvalue weighted by Gasteiger charge is -2.23. The van der Waals surface area contributed by atoms with E-state index in [-0.39, 0.29) is 24.0 Å². The first-order valence-electron chi connectivity index (χ1n) is 8.70. The first-order valence-corrected chi connectivity index (χ1v) is 8.70. The lowest BCUT2D eigenvalue weighted by Crippen LogP contribution is -2.40. The summed E-state index contributed by atoms with van der Waals surface area (Å²) in [5, 5.41) is 7.86. The quantitative estimate of drug-likeness (QED) is 0.437. The highest BCUT2D eigenvalue weighted by molar-refractivity contribution is 14.0. The van der Waals surface area contributed by atoms with Crippen molar-refractivity contribution in [2.24, 2.45) is 10.4 Å². The summed E-state index contributed by atoms with van der Waals surface area (Å²) in [6, 6.07) is 10.2. The molecule has 25 heavy (non-hydrogen) atoms. The van der Waals surface area contributed by atoms with Crippen LogP contribution in [0, 0.1) is 5.41 Å². The fourth-order valence-corrected chi connectivity index (χ4v) is 3.05. The molecule has 136 valence electrons. The minimum Gasteiger partial charge on any atom is -0.357 e. The van der Waals surface area contributed by atoms with Gasteiger partial charge in [-0.3, -0.25) is 0 Å². The first-order chi connectivity index (χ1) is 11.6. The monoisotopic (exact) mass is 453 g/mol. The van der Waals surface area contributed by atoms with E-state index in [1.165, 1.54) is 6.42 Å². The van der Waals surface area contributed by atoms with Crippen molar-refractivity contribution in [3.63, 3.8) is 0 Å². The Bertz CT molecular complexity index is 693. The number of halogens is 1. The van der Waals surface area contributed by atoms with Gasteiger partial charge in [0.1, 0.15) is 0 Å². The van der Waals surface area contributed by atoms with Crippen molar-refractivity contribution < 1.29 is 0 Å². The molecule has 1 fully saturated rings. The Morgan fingerprint density at radius 3 is 2.68 bits per heavy atom. The molecule has 3 rings (SSSR count). The highest BCUT2D eigenvalue weighted by Gasteiger charge is 2.30. The van der Waals surface area contributed by atoms with Crippen molar-refractivity contribution in [1.82, 2.24) is 20.0 Å². The average molecular weight is 453 g/mol. The maximum absolute atomic E-state index is 4.82. The van der Waals surface area contributed by atoms with E-state index < -0.39 is 0 Å². The van der Waals surface area contributed by atoms with Gasteiger partial charge in [-0.15, -0.1) is 24.0 Å². The van der Waals surface area contributed by atoms with Gasteiger partial charge in [-0.1, -0.05) is 32.0 Å². The van der Waals surface area contributed by atoms with E-state index in [2.05, 4.69) is 54.4 Å². The van der Waals surface area contributed by atoms with Crippen LogP contribution in [0.3, 0.4) is 0 Å². The largest absolute Gasteiger partial charge is 0.357 e. The second-order valence-electron chi connectivity index (χ2n) is 7.13. The Labute approximate surface area is 167 Å². The van der Waals surface area contributed by atoms with Crippen molar-refractivity contribution in [3.05, 3.63) is 48.3 Å². The molecule has 0 radical (unpaired) electrons. The van der Waals surface area contributed by atoms with Crippen molar-refractivity contribution >= 4 is 29.9 Å².